The maximum atomic E-state index is 12.1. The summed E-state index contributed by atoms with van der Waals surface area (Å²) in [4.78, 5) is 12.1. The van der Waals surface area contributed by atoms with Crippen molar-refractivity contribution >= 4 is 17.8 Å². The van der Waals surface area contributed by atoms with Crippen molar-refractivity contribution in [2.75, 3.05) is 12.8 Å². The maximum Gasteiger partial charge on any atom is 0.315 e. The average molecular weight is 326 g/mol. The van der Waals surface area contributed by atoms with Crippen LogP contribution in [0.3, 0.4) is 0 Å². The van der Waals surface area contributed by atoms with Gasteiger partial charge in [-0.25, -0.2) is 4.79 Å². The first-order valence-electron chi connectivity index (χ1n) is 7.79. The summed E-state index contributed by atoms with van der Waals surface area (Å²) in [6.45, 7) is 3.57. The molecule has 1 heterocycles. The van der Waals surface area contributed by atoms with E-state index >= 15 is 0 Å². The van der Waals surface area contributed by atoms with Gasteiger partial charge in [0.2, 0.25) is 0 Å². The zero-order chi connectivity index (χ0) is 16.2. The molecule has 0 spiro atoms. The van der Waals surface area contributed by atoms with Crippen LogP contribution in [0.25, 0.3) is 0 Å². The average Bonchev–Trinajstić information content (AvgIpc) is 2.93. The lowest BCUT2D eigenvalue weighted by Crippen LogP contribution is -2.50. The standard InChI is InChI=1S/C16H26N2O3S/c1-11-8-9-14(21-11)16(2,20)10-17-15(19)18-12-6-4-5-7-13(12)22-3/h8-9,12-13,20H,4-7,10H2,1-3H3,(H2,17,18,19)/t12-,13+,16+/m0/s1. The predicted octanol–water partition coefficient (Wildman–Crippen LogP) is 2.77. The molecule has 0 saturated heterocycles. The van der Waals surface area contributed by atoms with Gasteiger partial charge in [-0.1, -0.05) is 12.8 Å². The van der Waals surface area contributed by atoms with Crippen molar-refractivity contribution in [2.24, 2.45) is 0 Å². The normalized spacial score (nSPS) is 24.5. The molecule has 3 atom stereocenters. The number of hydrogen-bond acceptors (Lipinski definition) is 4. The third-order valence-electron chi connectivity index (χ3n) is 4.19. The van der Waals surface area contributed by atoms with Gasteiger partial charge in [0.25, 0.3) is 0 Å². The number of thioether (sulfide) groups is 1. The first-order valence-corrected chi connectivity index (χ1v) is 9.07. The SMILES string of the molecule is CS[C@@H]1CCCC[C@@H]1NC(=O)NC[C@@](C)(O)c1ccc(C)o1. The second-order valence-corrected chi connectivity index (χ2v) is 7.25. The molecule has 1 fully saturated rings. The summed E-state index contributed by atoms with van der Waals surface area (Å²) < 4.78 is 5.44. The van der Waals surface area contributed by atoms with Crippen LogP contribution in [-0.2, 0) is 5.60 Å². The van der Waals surface area contributed by atoms with Gasteiger partial charge in [0.15, 0.2) is 0 Å². The molecular weight excluding hydrogens is 300 g/mol. The minimum Gasteiger partial charge on any atom is -0.463 e. The summed E-state index contributed by atoms with van der Waals surface area (Å²) in [6, 6.07) is 3.52. The fraction of sp³-hybridized carbons (Fsp3) is 0.688. The predicted molar refractivity (Wildman–Crippen MR) is 89.1 cm³/mol. The van der Waals surface area contributed by atoms with E-state index in [0.717, 1.165) is 25.0 Å². The lowest BCUT2D eigenvalue weighted by Gasteiger charge is -2.31. The van der Waals surface area contributed by atoms with Crippen molar-refractivity contribution in [3.8, 4) is 0 Å². The van der Waals surface area contributed by atoms with Crippen LogP contribution in [-0.4, -0.2) is 35.2 Å². The maximum absolute atomic E-state index is 12.1. The number of amides is 2. The Bertz CT molecular complexity index is 501. The third kappa shape index (κ3) is 4.43. The van der Waals surface area contributed by atoms with E-state index in [4.69, 9.17) is 4.42 Å². The van der Waals surface area contributed by atoms with Crippen LogP contribution in [0.2, 0.25) is 0 Å². The summed E-state index contributed by atoms with van der Waals surface area (Å²) >= 11 is 1.81. The second kappa shape index (κ2) is 7.42. The number of urea groups is 1. The van der Waals surface area contributed by atoms with Crippen molar-refractivity contribution in [1.82, 2.24) is 10.6 Å². The molecule has 6 heteroatoms. The van der Waals surface area contributed by atoms with Gasteiger partial charge in [-0.15, -0.1) is 0 Å². The van der Waals surface area contributed by atoms with Crippen LogP contribution in [0.4, 0.5) is 4.79 Å². The van der Waals surface area contributed by atoms with Crippen LogP contribution in [0.1, 0.15) is 44.1 Å². The smallest absolute Gasteiger partial charge is 0.315 e. The molecule has 0 bridgehead atoms. The Labute approximate surface area is 136 Å². The molecule has 3 N–H and O–H groups in total. The zero-order valence-electron chi connectivity index (χ0n) is 13.5. The highest BCUT2D eigenvalue weighted by Crippen LogP contribution is 2.27. The molecule has 1 saturated carbocycles. The molecule has 22 heavy (non-hydrogen) atoms. The van der Waals surface area contributed by atoms with Gasteiger partial charge in [-0.05, 0) is 45.1 Å². The van der Waals surface area contributed by atoms with Gasteiger partial charge < -0.3 is 20.2 Å². The molecule has 1 aliphatic rings. The van der Waals surface area contributed by atoms with Crippen molar-refractivity contribution in [3.05, 3.63) is 23.7 Å². The van der Waals surface area contributed by atoms with E-state index in [0.29, 0.717) is 11.0 Å². The van der Waals surface area contributed by atoms with E-state index < -0.39 is 5.60 Å². The molecule has 2 amide bonds. The fourth-order valence-corrected chi connectivity index (χ4v) is 3.76. The lowest BCUT2D eigenvalue weighted by molar-refractivity contribution is 0.0358. The van der Waals surface area contributed by atoms with E-state index in [9.17, 15) is 9.90 Å². The lowest BCUT2D eigenvalue weighted by atomic mass is 9.95. The quantitative estimate of drug-likeness (QED) is 0.778. The molecule has 0 aliphatic heterocycles. The van der Waals surface area contributed by atoms with Gasteiger partial charge in [0.1, 0.15) is 17.1 Å². The largest absolute Gasteiger partial charge is 0.463 e. The summed E-state index contributed by atoms with van der Waals surface area (Å²) in [5.74, 6) is 1.20. The summed E-state index contributed by atoms with van der Waals surface area (Å²) in [5.41, 5.74) is -1.21. The first kappa shape index (κ1) is 17.2. The number of carbonyl (C=O) groups excluding carboxylic acids is 1. The van der Waals surface area contributed by atoms with E-state index in [1.807, 2.05) is 18.7 Å². The van der Waals surface area contributed by atoms with Crippen LogP contribution >= 0.6 is 11.8 Å². The summed E-state index contributed by atoms with van der Waals surface area (Å²) in [6.07, 6.45) is 6.65. The van der Waals surface area contributed by atoms with Crippen molar-refractivity contribution in [3.63, 3.8) is 0 Å². The molecule has 1 aromatic rings. The number of nitrogens with one attached hydrogen (secondary N) is 2. The highest BCUT2D eigenvalue weighted by molar-refractivity contribution is 7.99. The van der Waals surface area contributed by atoms with Gasteiger partial charge >= 0.3 is 6.03 Å². The molecule has 1 aliphatic carbocycles. The fourth-order valence-electron chi connectivity index (χ4n) is 2.83. The van der Waals surface area contributed by atoms with E-state index in [-0.39, 0.29) is 18.6 Å². The van der Waals surface area contributed by atoms with Crippen molar-refractivity contribution in [2.45, 2.75) is 56.4 Å². The minimum absolute atomic E-state index is 0.114. The monoisotopic (exact) mass is 326 g/mol. The molecule has 0 aromatic carbocycles. The Morgan fingerprint density at radius 1 is 1.45 bits per heavy atom. The Morgan fingerprint density at radius 2 is 2.18 bits per heavy atom. The van der Waals surface area contributed by atoms with Crippen LogP contribution < -0.4 is 10.6 Å². The Morgan fingerprint density at radius 3 is 2.82 bits per heavy atom. The van der Waals surface area contributed by atoms with Crippen LogP contribution in [0, 0.1) is 6.92 Å². The number of aryl methyl sites for hydroxylation is 1. The molecule has 2 rings (SSSR count). The first-order chi connectivity index (χ1) is 10.4. The molecule has 0 radical (unpaired) electrons. The molecule has 5 nitrogen and oxygen atoms in total. The Balaban J connectivity index is 1.84. The van der Waals surface area contributed by atoms with Crippen LogP contribution in [0.15, 0.2) is 16.5 Å². The van der Waals surface area contributed by atoms with Gasteiger partial charge in [-0.3, -0.25) is 0 Å². The highest BCUT2D eigenvalue weighted by Gasteiger charge is 2.29. The number of rotatable bonds is 5. The second-order valence-electron chi connectivity index (χ2n) is 6.18. The topological polar surface area (TPSA) is 74.5 Å². The number of carbonyl (C=O) groups is 1. The molecule has 124 valence electrons. The van der Waals surface area contributed by atoms with Gasteiger partial charge in [-0.2, -0.15) is 11.8 Å². The zero-order valence-corrected chi connectivity index (χ0v) is 14.3. The van der Waals surface area contributed by atoms with Gasteiger partial charge in [0.05, 0.1) is 6.54 Å². The number of aliphatic hydroxyl groups is 1. The van der Waals surface area contributed by atoms with Gasteiger partial charge in [0, 0.05) is 11.3 Å². The summed E-state index contributed by atoms with van der Waals surface area (Å²) in [7, 11) is 0. The van der Waals surface area contributed by atoms with E-state index in [2.05, 4.69) is 16.9 Å². The Hall–Kier alpha value is -1.14. The van der Waals surface area contributed by atoms with Crippen molar-refractivity contribution in [1.29, 1.82) is 0 Å². The molecule has 1 aromatic heterocycles. The molecular formula is C16H26N2O3S. The minimum atomic E-state index is -1.21. The molecule has 0 unspecified atom stereocenters. The van der Waals surface area contributed by atoms with Crippen LogP contribution in [0.5, 0.6) is 0 Å². The Kier molecular flexibility index (Phi) is 5.81. The summed E-state index contributed by atoms with van der Waals surface area (Å²) in [5, 5.41) is 16.7. The third-order valence-corrected chi connectivity index (χ3v) is 5.36. The highest BCUT2D eigenvalue weighted by atomic mass is 32.2. The number of hydrogen-bond donors (Lipinski definition) is 3. The van der Waals surface area contributed by atoms with E-state index in [1.165, 1.54) is 6.42 Å². The van der Waals surface area contributed by atoms with E-state index in [1.54, 1.807) is 19.1 Å². The van der Waals surface area contributed by atoms with Crippen molar-refractivity contribution < 1.29 is 14.3 Å². The number of furan rings is 1.